The third-order valence-electron chi connectivity index (χ3n) is 4.00. The molecule has 0 aliphatic heterocycles. The topological polar surface area (TPSA) is 52.3 Å². The fourth-order valence-electron chi connectivity index (χ4n) is 2.59. The average Bonchev–Trinajstić information content (AvgIpc) is 3.29. The lowest BCUT2D eigenvalue weighted by Crippen LogP contribution is -2.20. The number of methoxy groups -OCH3 is 1. The molecular formula is C17H17NO2. The van der Waals surface area contributed by atoms with Crippen LogP contribution < -0.4 is 10.5 Å². The molecule has 1 aliphatic carbocycles. The zero-order chi connectivity index (χ0) is 14.2. The lowest BCUT2D eigenvalue weighted by atomic mass is 9.87. The molecule has 0 heterocycles. The second-order valence-electron chi connectivity index (χ2n) is 5.26. The Bertz CT molecular complexity index is 625. The summed E-state index contributed by atoms with van der Waals surface area (Å²) in [6.45, 7) is 0. The minimum Gasteiger partial charge on any atom is -0.497 e. The van der Waals surface area contributed by atoms with Gasteiger partial charge in [0.1, 0.15) is 5.75 Å². The van der Waals surface area contributed by atoms with E-state index in [0.29, 0.717) is 0 Å². The van der Waals surface area contributed by atoms with Crippen LogP contribution in [0.1, 0.15) is 28.8 Å². The van der Waals surface area contributed by atoms with E-state index in [-0.39, 0.29) is 11.2 Å². The van der Waals surface area contributed by atoms with Crippen molar-refractivity contribution in [2.24, 2.45) is 0 Å². The Morgan fingerprint density at radius 3 is 2.15 bits per heavy atom. The molecule has 3 heteroatoms. The molecule has 0 saturated heterocycles. The Balaban J connectivity index is 1.90. The van der Waals surface area contributed by atoms with Gasteiger partial charge in [-0.15, -0.1) is 0 Å². The number of carbonyl (C=O) groups is 1. The Kier molecular flexibility index (Phi) is 2.97. The van der Waals surface area contributed by atoms with Gasteiger partial charge >= 0.3 is 0 Å². The van der Waals surface area contributed by atoms with Gasteiger partial charge in [0.2, 0.25) is 0 Å². The normalized spacial score (nSPS) is 15.7. The molecule has 0 atom stereocenters. The van der Waals surface area contributed by atoms with Crippen LogP contribution in [0.2, 0.25) is 0 Å². The average molecular weight is 267 g/mol. The van der Waals surface area contributed by atoms with E-state index >= 15 is 0 Å². The quantitative estimate of drug-likeness (QED) is 0.683. The molecule has 1 fully saturated rings. The highest BCUT2D eigenvalue weighted by atomic mass is 16.5. The highest BCUT2D eigenvalue weighted by molar-refractivity contribution is 6.06. The monoisotopic (exact) mass is 267 g/mol. The first-order chi connectivity index (χ1) is 9.65. The van der Waals surface area contributed by atoms with Crippen molar-refractivity contribution in [3.63, 3.8) is 0 Å². The lowest BCUT2D eigenvalue weighted by Gasteiger charge is -2.15. The van der Waals surface area contributed by atoms with Crippen molar-refractivity contribution in [1.82, 2.24) is 0 Å². The van der Waals surface area contributed by atoms with Crippen molar-refractivity contribution in [3.8, 4) is 5.75 Å². The van der Waals surface area contributed by atoms with Crippen LogP contribution in [0.25, 0.3) is 0 Å². The van der Waals surface area contributed by atoms with Gasteiger partial charge in [-0.3, -0.25) is 4.79 Å². The summed E-state index contributed by atoms with van der Waals surface area (Å²) in [5.41, 5.74) is 7.89. The van der Waals surface area contributed by atoms with Crippen LogP contribution >= 0.6 is 0 Å². The van der Waals surface area contributed by atoms with Crippen molar-refractivity contribution >= 4 is 11.5 Å². The molecule has 0 unspecified atom stereocenters. The zero-order valence-corrected chi connectivity index (χ0v) is 11.4. The Labute approximate surface area is 118 Å². The number of anilines is 1. The highest BCUT2D eigenvalue weighted by Crippen LogP contribution is 2.50. The number of nitrogen functional groups attached to an aromatic ring is 1. The van der Waals surface area contributed by atoms with Gasteiger partial charge < -0.3 is 10.5 Å². The van der Waals surface area contributed by atoms with Gasteiger partial charge in [0, 0.05) is 11.3 Å². The first-order valence-electron chi connectivity index (χ1n) is 6.71. The third-order valence-corrected chi connectivity index (χ3v) is 4.00. The predicted molar refractivity (Wildman–Crippen MR) is 79.1 cm³/mol. The first kappa shape index (κ1) is 12.7. The van der Waals surface area contributed by atoms with Crippen LogP contribution in [0.3, 0.4) is 0 Å². The molecular weight excluding hydrogens is 250 g/mol. The minimum atomic E-state index is -0.345. The van der Waals surface area contributed by atoms with Gasteiger partial charge in [0.05, 0.1) is 12.5 Å². The Hall–Kier alpha value is -2.29. The largest absolute Gasteiger partial charge is 0.497 e. The van der Waals surface area contributed by atoms with Gasteiger partial charge in [0.15, 0.2) is 5.78 Å². The maximum Gasteiger partial charge on any atom is 0.173 e. The van der Waals surface area contributed by atoms with E-state index in [1.54, 1.807) is 7.11 Å². The number of Topliss-reactive ketones (excluding diaryl/α,β-unsaturated/α-hetero) is 1. The fraction of sp³-hybridized carbons (Fsp3) is 0.235. The SMILES string of the molecule is COc1ccc(C(=O)C2(c3ccc(N)cc3)CC2)cc1. The summed E-state index contributed by atoms with van der Waals surface area (Å²) in [5.74, 6) is 0.948. The van der Waals surface area contributed by atoms with Crippen molar-refractivity contribution in [1.29, 1.82) is 0 Å². The summed E-state index contributed by atoms with van der Waals surface area (Å²) in [4.78, 5) is 12.7. The molecule has 1 saturated carbocycles. The van der Waals surface area contributed by atoms with E-state index in [4.69, 9.17) is 10.5 Å². The molecule has 0 bridgehead atoms. The third kappa shape index (κ3) is 2.05. The number of ketones is 1. The van der Waals surface area contributed by atoms with Crippen LogP contribution in [0, 0.1) is 0 Å². The van der Waals surface area contributed by atoms with E-state index in [2.05, 4.69) is 0 Å². The van der Waals surface area contributed by atoms with Crippen molar-refractivity contribution in [3.05, 3.63) is 59.7 Å². The van der Waals surface area contributed by atoms with Gasteiger partial charge in [-0.25, -0.2) is 0 Å². The maximum atomic E-state index is 12.7. The smallest absolute Gasteiger partial charge is 0.173 e. The summed E-state index contributed by atoms with van der Waals surface area (Å²) in [5, 5.41) is 0. The number of nitrogens with two attached hydrogens (primary N) is 1. The second kappa shape index (κ2) is 4.67. The molecule has 3 nitrogen and oxygen atoms in total. The number of rotatable bonds is 4. The van der Waals surface area contributed by atoms with Crippen LogP contribution in [0.5, 0.6) is 5.75 Å². The molecule has 0 radical (unpaired) electrons. The number of benzene rings is 2. The standard InChI is InChI=1S/C17H17NO2/c1-20-15-8-2-12(3-9-15)16(19)17(10-11-17)13-4-6-14(18)7-5-13/h2-9H,10-11,18H2,1H3. The summed E-state index contributed by atoms with van der Waals surface area (Å²) >= 11 is 0. The van der Waals surface area contributed by atoms with Gasteiger partial charge in [-0.2, -0.15) is 0 Å². The Morgan fingerprint density at radius 2 is 1.65 bits per heavy atom. The van der Waals surface area contributed by atoms with Gasteiger partial charge in [-0.05, 0) is 54.8 Å². The fourth-order valence-corrected chi connectivity index (χ4v) is 2.59. The lowest BCUT2D eigenvalue weighted by molar-refractivity contribution is 0.0946. The van der Waals surface area contributed by atoms with Crippen LogP contribution in [-0.2, 0) is 5.41 Å². The summed E-state index contributed by atoms with van der Waals surface area (Å²) in [6, 6.07) is 15.0. The van der Waals surface area contributed by atoms with Crippen LogP contribution in [-0.4, -0.2) is 12.9 Å². The molecule has 2 aromatic carbocycles. The summed E-state index contributed by atoms with van der Waals surface area (Å²) in [7, 11) is 1.62. The minimum absolute atomic E-state index is 0.185. The summed E-state index contributed by atoms with van der Waals surface area (Å²) < 4.78 is 5.12. The van der Waals surface area contributed by atoms with Gasteiger partial charge in [-0.1, -0.05) is 12.1 Å². The first-order valence-corrected chi connectivity index (χ1v) is 6.71. The molecule has 102 valence electrons. The predicted octanol–water partition coefficient (Wildman–Crippen LogP) is 3.19. The molecule has 3 rings (SSSR count). The van der Waals surface area contributed by atoms with Crippen molar-refractivity contribution < 1.29 is 9.53 Å². The van der Waals surface area contributed by atoms with E-state index < -0.39 is 0 Å². The molecule has 2 N–H and O–H groups in total. The van der Waals surface area contributed by atoms with E-state index in [0.717, 1.165) is 35.4 Å². The molecule has 0 spiro atoms. The molecule has 0 aromatic heterocycles. The number of hydrogen-bond donors (Lipinski definition) is 1. The maximum absolute atomic E-state index is 12.7. The number of ether oxygens (including phenoxy) is 1. The van der Waals surface area contributed by atoms with Crippen LogP contribution in [0.4, 0.5) is 5.69 Å². The number of hydrogen-bond acceptors (Lipinski definition) is 3. The van der Waals surface area contributed by atoms with Crippen molar-refractivity contribution in [2.75, 3.05) is 12.8 Å². The van der Waals surface area contributed by atoms with Gasteiger partial charge in [0.25, 0.3) is 0 Å². The zero-order valence-electron chi connectivity index (χ0n) is 11.4. The number of carbonyl (C=O) groups excluding carboxylic acids is 1. The van der Waals surface area contributed by atoms with Crippen molar-refractivity contribution in [2.45, 2.75) is 18.3 Å². The second-order valence-corrected chi connectivity index (χ2v) is 5.26. The van der Waals surface area contributed by atoms with E-state index in [1.807, 2.05) is 48.5 Å². The Morgan fingerprint density at radius 1 is 1.05 bits per heavy atom. The van der Waals surface area contributed by atoms with E-state index in [1.165, 1.54) is 0 Å². The molecule has 20 heavy (non-hydrogen) atoms. The summed E-state index contributed by atoms with van der Waals surface area (Å²) in [6.07, 6.45) is 1.81. The molecule has 1 aliphatic rings. The van der Waals surface area contributed by atoms with E-state index in [9.17, 15) is 4.79 Å². The van der Waals surface area contributed by atoms with Crippen LogP contribution in [0.15, 0.2) is 48.5 Å². The molecule has 2 aromatic rings. The molecule has 0 amide bonds. The highest BCUT2D eigenvalue weighted by Gasteiger charge is 2.51.